The van der Waals surface area contributed by atoms with Crippen molar-refractivity contribution >= 4 is 23.5 Å². The van der Waals surface area contributed by atoms with Crippen LogP contribution in [0.2, 0.25) is 0 Å². The first kappa shape index (κ1) is 30.3. The molecule has 0 aromatic carbocycles. The summed E-state index contributed by atoms with van der Waals surface area (Å²) in [7, 11) is 0. The number of hydrogen-bond donors (Lipinski definition) is 0. The van der Waals surface area contributed by atoms with Crippen LogP contribution in [0.5, 0.6) is 0 Å². The van der Waals surface area contributed by atoms with E-state index in [1.807, 2.05) is 0 Å². The molecule has 0 bridgehead atoms. The summed E-state index contributed by atoms with van der Waals surface area (Å²) in [6, 6.07) is 0. The predicted octanol–water partition coefficient (Wildman–Crippen LogP) is 2.15. The first-order valence-corrected chi connectivity index (χ1v) is 10.7. The van der Waals surface area contributed by atoms with E-state index in [2.05, 4.69) is 13.2 Å². The maximum atomic E-state index is 12.3. The van der Waals surface area contributed by atoms with Crippen LogP contribution < -0.4 is 0 Å². The first-order valence-electron chi connectivity index (χ1n) is 10.7. The highest BCUT2D eigenvalue weighted by atomic mass is 16.6. The molecular weight excluding hydrogens is 436 g/mol. The fraction of sp³-hybridized carbons (Fsp3) is 0.652. The van der Waals surface area contributed by atoms with Crippen LogP contribution in [0.3, 0.4) is 0 Å². The molecule has 0 radical (unpaired) electrons. The number of carbonyl (C=O) groups excluding carboxylic acids is 4. The second-order valence-electron chi connectivity index (χ2n) is 6.94. The molecule has 0 aliphatic heterocycles. The summed E-state index contributed by atoms with van der Waals surface area (Å²) in [5.41, 5.74) is -1.45. The number of ketones is 2. The standard InChI is InChI=1S/C23H36O10/c1-5-28-11-13-30-15-17-32-21(26)7-9-23(19(3)24,20(4)25)10-8-22(27)33-18-16-31-14-12-29-6-2/h5-6H,1-2,7-18H2,3-4H3. The molecule has 0 aromatic rings. The molecule has 0 aliphatic carbocycles. The van der Waals surface area contributed by atoms with Crippen molar-refractivity contribution in [2.24, 2.45) is 5.41 Å². The van der Waals surface area contributed by atoms with Gasteiger partial charge in [0.15, 0.2) is 0 Å². The van der Waals surface area contributed by atoms with Gasteiger partial charge in [-0.25, -0.2) is 0 Å². The molecule has 0 fully saturated rings. The Hall–Kier alpha value is -2.72. The van der Waals surface area contributed by atoms with Gasteiger partial charge in [0.1, 0.15) is 38.0 Å². The molecule has 10 nitrogen and oxygen atoms in total. The van der Waals surface area contributed by atoms with Gasteiger partial charge in [0.2, 0.25) is 0 Å². The van der Waals surface area contributed by atoms with Crippen molar-refractivity contribution in [1.29, 1.82) is 0 Å². The van der Waals surface area contributed by atoms with E-state index in [0.717, 1.165) is 0 Å². The third-order valence-electron chi connectivity index (χ3n) is 4.77. The normalized spacial score (nSPS) is 10.7. The van der Waals surface area contributed by atoms with Gasteiger partial charge in [-0.1, -0.05) is 13.2 Å². The number of Topliss-reactive ketones (excluding diaryl/α,β-unsaturated/α-hetero) is 2. The lowest BCUT2D eigenvalue weighted by Crippen LogP contribution is -2.38. The van der Waals surface area contributed by atoms with E-state index in [1.165, 1.54) is 26.4 Å². The van der Waals surface area contributed by atoms with Crippen LogP contribution in [0.25, 0.3) is 0 Å². The Morgan fingerprint density at radius 3 is 1.33 bits per heavy atom. The van der Waals surface area contributed by atoms with Gasteiger partial charge in [-0.2, -0.15) is 0 Å². The molecular formula is C23H36O10. The van der Waals surface area contributed by atoms with Crippen molar-refractivity contribution in [3.63, 3.8) is 0 Å². The average molecular weight is 473 g/mol. The topological polar surface area (TPSA) is 124 Å². The van der Waals surface area contributed by atoms with Gasteiger partial charge in [-0.15, -0.1) is 0 Å². The minimum Gasteiger partial charge on any atom is -0.499 e. The Morgan fingerprint density at radius 1 is 0.636 bits per heavy atom. The molecule has 0 saturated carbocycles. The Morgan fingerprint density at radius 2 is 1.00 bits per heavy atom. The fourth-order valence-electron chi connectivity index (χ4n) is 2.87. The third-order valence-corrected chi connectivity index (χ3v) is 4.77. The van der Waals surface area contributed by atoms with Crippen molar-refractivity contribution < 1.29 is 47.6 Å². The molecule has 0 aromatic heterocycles. The van der Waals surface area contributed by atoms with Crippen LogP contribution in [0, 0.1) is 5.41 Å². The van der Waals surface area contributed by atoms with E-state index in [9.17, 15) is 19.2 Å². The number of carbonyl (C=O) groups is 4. The van der Waals surface area contributed by atoms with Gasteiger partial charge in [0.25, 0.3) is 0 Å². The Kier molecular flexibility index (Phi) is 17.3. The van der Waals surface area contributed by atoms with E-state index < -0.39 is 28.9 Å². The minimum atomic E-state index is -1.45. The van der Waals surface area contributed by atoms with Crippen LogP contribution in [-0.4, -0.2) is 76.4 Å². The summed E-state index contributed by atoms with van der Waals surface area (Å²) in [5.74, 6) is -1.95. The molecule has 10 heteroatoms. The van der Waals surface area contributed by atoms with Gasteiger partial charge < -0.3 is 28.4 Å². The average Bonchev–Trinajstić information content (AvgIpc) is 2.77. The molecule has 0 heterocycles. The molecule has 0 N–H and O–H groups in total. The summed E-state index contributed by atoms with van der Waals surface area (Å²) < 4.78 is 30.3. The van der Waals surface area contributed by atoms with Crippen molar-refractivity contribution in [3.05, 3.63) is 25.7 Å². The first-order chi connectivity index (χ1) is 15.8. The quantitative estimate of drug-likeness (QED) is 0.100. The highest BCUT2D eigenvalue weighted by molar-refractivity contribution is 6.05. The molecule has 0 amide bonds. The zero-order chi connectivity index (χ0) is 25.0. The lowest BCUT2D eigenvalue weighted by Gasteiger charge is -2.28. The molecule has 0 rings (SSSR count). The molecule has 0 aliphatic rings. The van der Waals surface area contributed by atoms with Gasteiger partial charge in [0, 0.05) is 12.8 Å². The van der Waals surface area contributed by atoms with E-state index >= 15 is 0 Å². The molecule has 0 atom stereocenters. The van der Waals surface area contributed by atoms with Crippen LogP contribution in [-0.2, 0) is 47.6 Å². The van der Waals surface area contributed by atoms with Crippen molar-refractivity contribution in [3.8, 4) is 0 Å². The van der Waals surface area contributed by atoms with E-state index in [0.29, 0.717) is 26.4 Å². The molecule has 0 unspecified atom stereocenters. The van der Waals surface area contributed by atoms with Gasteiger partial charge in [-0.3, -0.25) is 19.2 Å². The smallest absolute Gasteiger partial charge is 0.305 e. The maximum absolute atomic E-state index is 12.3. The van der Waals surface area contributed by atoms with E-state index in [4.69, 9.17) is 28.4 Å². The maximum Gasteiger partial charge on any atom is 0.305 e. The zero-order valence-electron chi connectivity index (χ0n) is 19.6. The largest absolute Gasteiger partial charge is 0.499 e. The lowest BCUT2D eigenvalue weighted by atomic mass is 9.73. The van der Waals surface area contributed by atoms with E-state index in [-0.39, 0.29) is 52.1 Å². The highest BCUT2D eigenvalue weighted by Gasteiger charge is 2.41. The highest BCUT2D eigenvalue weighted by Crippen LogP contribution is 2.33. The Bertz CT molecular complexity index is 575. The number of hydrogen-bond acceptors (Lipinski definition) is 10. The Balaban J connectivity index is 4.41. The summed E-state index contributed by atoms with van der Waals surface area (Å²) in [6.07, 6.45) is 2.21. The molecule has 0 spiro atoms. The summed E-state index contributed by atoms with van der Waals surface area (Å²) in [4.78, 5) is 48.6. The van der Waals surface area contributed by atoms with Gasteiger partial charge in [-0.05, 0) is 26.7 Å². The second kappa shape index (κ2) is 18.8. The summed E-state index contributed by atoms with van der Waals surface area (Å²) in [6.45, 7) is 11.1. The van der Waals surface area contributed by atoms with Crippen LogP contribution in [0.15, 0.2) is 25.7 Å². The molecule has 188 valence electrons. The van der Waals surface area contributed by atoms with Gasteiger partial charge in [0.05, 0.1) is 44.4 Å². The number of rotatable bonds is 22. The Labute approximate surface area is 195 Å². The lowest BCUT2D eigenvalue weighted by molar-refractivity contribution is -0.148. The monoisotopic (exact) mass is 472 g/mol. The summed E-state index contributed by atoms with van der Waals surface area (Å²) in [5, 5.41) is 0. The van der Waals surface area contributed by atoms with Crippen molar-refractivity contribution in [1.82, 2.24) is 0 Å². The molecule has 0 saturated heterocycles. The van der Waals surface area contributed by atoms with Crippen molar-refractivity contribution in [2.45, 2.75) is 39.5 Å². The van der Waals surface area contributed by atoms with E-state index in [1.54, 1.807) is 0 Å². The summed E-state index contributed by atoms with van der Waals surface area (Å²) >= 11 is 0. The molecule has 33 heavy (non-hydrogen) atoms. The van der Waals surface area contributed by atoms with Crippen LogP contribution in [0.4, 0.5) is 0 Å². The fourth-order valence-corrected chi connectivity index (χ4v) is 2.87. The second-order valence-corrected chi connectivity index (χ2v) is 6.94. The van der Waals surface area contributed by atoms with Gasteiger partial charge >= 0.3 is 11.9 Å². The predicted molar refractivity (Wildman–Crippen MR) is 118 cm³/mol. The minimum absolute atomic E-state index is 0.0359. The number of ether oxygens (including phenoxy) is 6. The SMILES string of the molecule is C=COCCOCCOC(=O)CCC(CCC(=O)OCCOCCOC=C)(C(C)=O)C(C)=O. The van der Waals surface area contributed by atoms with Crippen LogP contribution in [0.1, 0.15) is 39.5 Å². The zero-order valence-corrected chi connectivity index (χ0v) is 19.6. The number of esters is 2. The van der Waals surface area contributed by atoms with Crippen molar-refractivity contribution in [2.75, 3.05) is 52.9 Å². The van der Waals surface area contributed by atoms with Crippen LogP contribution >= 0.6 is 0 Å². The third kappa shape index (κ3) is 14.1.